The van der Waals surface area contributed by atoms with E-state index in [9.17, 15) is 0 Å². The van der Waals surface area contributed by atoms with E-state index in [1.165, 1.54) is 38.5 Å². The first-order chi connectivity index (χ1) is 9.06. The van der Waals surface area contributed by atoms with Crippen molar-refractivity contribution in [3.63, 3.8) is 0 Å². The van der Waals surface area contributed by atoms with Gasteiger partial charge in [0.2, 0.25) is 0 Å². The zero-order valence-corrected chi connectivity index (χ0v) is 13.8. The lowest BCUT2D eigenvalue weighted by Crippen LogP contribution is -2.61. The van der Waals surface area contributed by atoms with Crippen LogP contribution in [0.15, 0.2) is 0 Å². The molecule has 0 radical (unpaired) electrons. The number of unbranched alkanes of at least 4 members (excludes halogenated alkanes) is 1. The van der Waals surface area contributed by atoms with Gasteiger partial charge >= 0.3 is 0 Å². The van der Waals surface area contributed by atoms with Crippen LogP contribution < -0.4 is 5.32 Å². The number of ether oxygens (including phenoxy) is 1. The summed E-state index contributed by atoms with van der Waals surface area (Å²) in [7, 11) is 0. The smallest absolute Gasteiger partial charge is 0.0656 e. The highest BCUT2D eigenvalue weighted by molar-refractivity contribution is 5.02. The van der Waals surface area contributed by atoms with Gasteiger partial charge in [0, 0.05) is 18.1 Å². The van der Waals surface area contributed by atoms with Gasteiger partial charge in [0.25, 0.3) is 0 Å². The molecule has 0 amide bonds. The molecule has 0 aromatic carbocycles. The first kappa shape index (κ1) is 17.0. The first-order valence-electron chi connectivity index (χ1n) is 8.41. The molecule has 2 nitrogen and oxygen atoms in total. The second-order valence-corrected chi connectivity index (χ2v) is 6.80. The third-order valence-corrected chi connectivity index (χ3v) is 4.89. The molecule has 1 aliphatic carbocycles. The van der Waals surface area contributed by atoms with Crippen LogP contribution in [0.3, 0.4) is 0 Å². The molecule has 19 heavy (non-hydrogen) atoms. The van der Waals surface area contributed by atoms with Gasteiger partial charge in [0.05, 0.1) is 6.10 Å². The van der Waals surface area contributed by atoms with Gasteiger partial charge < -0.3 is 10.1 Å². The Morgan fingerprint density at radius 1 is 1.21 bits per heavy atom. The number of nitrogens with one attached hydrogen (secondary N) is 1. The normalized spacial score (nSPS) is 27.0. The summed E-state index contributed by atoms with van der Waals surface area (Å²) < 4.78 is 6.21. The molecule has 2 heteroatoms. The van der Waals surface area contributed by atoms with Crippen LogP contribution in [0, 0.1) is 11.3 Å². The molecule has 0 aliphatic heterocycles. The predicted octanol–water partition coefficient (Wildman–Crippen LogP) is 4.39. The van der Waals surface area contributed by atoms with E-state index in [-0.39, 0.29) is 0 Å². The topological polar surface area (TPSA) is 21.3 Å². The highest BCUT2D eigenvalue weighted by atomic mass is 16.5. The molecule has 1 rings (SSSR count). The van der Waals surface area contributed by atoms with E-state index in [0.29, 0.717) is 17.6 Å². The molecular formula is C17H35NO. The van der Waals surface area contributed by atoms with E-state index in [1.807, 2.05) is 0 Å². The van der Waals surface area contributed by atoms with E-state index in [1.54, 1.807) is 0 Å². The molecule has 0 saturated heterocycles. The van der Waals surface area contributed by atoms with Crippen LogP contribution in [0.1, 0.15) is 73.1 Å². The first-order valence-corrected chi connectivity index (χ1v) is 8.41. The minimum Gasteiger partial charge on any atom is -0.377 e. The van der Waals surface area contributed by atoms with Gasteiger partial charge in [-0.05, 0) is 31.7 Å². The van der Waals surface area contributed by atoms with Crippen molar-refractivity contribution in [2.45, 2.75) is 85.3 Å². The zero-order valence-electron chi connectivity index (χ0n) is 13.8. The van der Waals surface area contributed by atoms with Crippen LogP contribution in [0.25, 0.3) is 0 Å². The third kappa shape index (κ3) is 4.75. The van der Waals surface area contributed by atoms with Gasteiger partial charge in [0.15, 0.2) is 0 Å². The minimum absolute atomic E-state index is 0.304. The summed E-state index contributed by atoms with van der Waals surface area (Å²) >= 11 is 0. The molecule has 114 valence electrons. The van der Waals surface area contributed by atoms with Gasteiger partial charge in [-0.25, -0.2) is 0 Å². The molecule has 0 aromatic rings. The second kappa shape index (κ2) is 8.26. The largest absolute Gasteiger partial charge is 0.377 e. The fourth-order valence-corrected chi connectivity index (χ4v) is 2.98. The fraction of sp³-hybridized carbons (Fsp3) is 1.00. The maximum absolute atomic E-state index is 6.21. The monoisotopic (exact) mass is 269 g/mol. The quantitative estimate of drug-likeness (QED) is 0.635. The Bertz CT molecular complexity index is 239. The Balaban J connectivity index is 2.27. The highest BCUT2D eigenvalue weighted by Crippen LogP contribution is 2.43. The van der Waals surface area contributed by atoms with E-state index in [4.69, 9.17) is 4.74 Å². The Kier molecular flexibility index (Phi) is 7.38. The van der Waals surface area contributed by atoms with Crippen molar-refractivity contribution in [3.8, 4) is 0 Å². The molecule has 1 N–H and O–H groups in total. The Morgan fingerprint density at radius 2 is 1.95 bits per heavy atom. The van der Waals surface area contributed by atoms with Gasteiger partial charge in [-0.15, -0.1) is 0 Å². The van der Waals surface area contributed by atoms with Crippen LogP contribution in [0.5, 0.6) is 0 Å². The minimum atomic E-state index is 0.304. The lowest BCUT2D eigenvalue weighted by atomic mass is 9.64. The van der Waals surface area contributed by atoms with E-state index < -0.39 is 0 Å². The van der Waals surface area contributed by atoms with Crippen LogP contribution in [-0.4, -0.2) is 25.3 Å². The predicted molar refractivity (Wildman–Crippen MR) is 83.5 cm³/mol. The zero-order chi connectivity index (χ0) is 14.3. The molecule has 1 fully saturated rings. The summed E-state index contributed by atoms with van der Waals surface area (Å²) in [6, 6.07) is 0.646. The summed E-state index contributed by atoms with van der Waals surface area (Å²) in [4.78, 5) is 0. The van der Waals surface area contributed by atoms with Crippen LogP contribution in [0.2, 0.25) is 0 Å². The molecule has 0 bridgehead atoms. The molecule has 3 atom stereocenters. The van der Waals surface area contributed by atoms with Gasteiger partial charge in [-0.1, -0.05) is 53.9 Å². The van der Waals surface area contributed by atoms with Crippen molar-refractivity contribution in [2.24, 2.45) is 11.3 Å². The van der Waals surface area contributed by atoms with Crippen LogP contribution >= 0.6 is 0 Å². The van der Waals surface area contributed by atoms with Crippen molar-refractivity contribution in [2.75, 3.05) is 13.2 Å². The van der Waals surface area contributed by atoms with Gasteiger partial charge in [-0.3, -0.25) is 0 Å². The summed E-state index contributed by atoms with van der Waals surface area (Å²) in [6.07, 6.45) is 8.09. The average Bonchev–Trinajstić information content (AvgIpc) is 2.40. The Labute approximate surface area is 120 Å². The van der Waals surface area contributed by atoms with Gasteiger partial charge in [-0.2, -0.15) is 0 Å². The summed E-state index contributed by atoms with van der Waals surface area (Å²) in [6.45, 7) is 13.6. The summed E-state index contributed by atoms with van der Waals surface area (Å²) in [5.41, 5.74) is 0.304. The third-order valence-electron chi connectivity index (χ3n) is 4.89. The molecule has 0 heterocycles. The molecular weight excluding hydrogens is 234 g/mol. The molecule has 3 unspecified atom stereocenters. The van der Waals surface area contributed by atoms with E-state index in [0.717, 1.165) is 19.1 Å². The lowest BCUT2D eigenvalue weighted by Gasteiger charge is -2.52. The van der Waals surface area contributed by atoms with Crippen LogP contribution in [0.4, 0.5) is 0 Å². The van der Waals surface area contributed by atoms with Crippen molar-refractivity contribution in [3.05, 3.63) is 0 Å². The fourth-order valence-electron chi connectivity index (χ4n) is 2.98. The standard InChI is InChI=1S/C17H35NO/c1-6-9-10-14(8-3)13-19-16-12-15(17(16,4)5)18-11-7-2/h14-16,18H,6-13H2,1-5H3. The van der Waals surface area contributed by atoms with Gasteiger partial charge in [0.1, 0.15) is 0 Å². The maximum atomic E-state index is 6.21. The van der Waals surface area contributed by atoms with E-state index in [2.05, 4.69) is 39.9 Å². The van der Waals surface area contributed by atoms with Crippen molar-refractivity contribution in [1.82, 2.24) is 5.32 Å². The van der Waals surface area contributed by atoms with Crippen molar-refractivity contribution < 1.29 is 4.74 Å². The average molecular weight is 269 g/mol. The SMILES string of the molecule is CCCCC(CC)COC1CC(NCCC)C1(C)C. The number of hydrogen-bond donors (Lipinski definition) is 1. The van der Waals surface area contributed by atoms with Crippen molar-refractivity contribution >= 4 is 0 Å². The maximum Gasteiger partial charge on any atom is 0.0656 e. The number of hydrogen-bond acceptors (Lipinski definition) is 2. The molecule has 1 aliphatic rings. The Morgan fingerprint density at radius 3 is 2.47 bits per heavy atom. The highest BCUT2D eigenvalue weighted by Gasteiger charge is 2.48. The number of rotatable bonds is 10. The summed E-state index contributed by atoms with van der Waals surface area (Å²) in [5, 5.41) is 3.64. The Hall–Kier alpha value is -0.0800. The van der Waals surface area contributed by atoms with Crippen LogP contribution in [-0.2, 0) is 4.74 Å². The summed E-state index contributed by atoms with van der Waals surface area (Å²) in [5.74, 6) is 0.762. The second-order valence-electron chi connectivity index (χ2n) is 6.80. The molecule has 0 spiro atoms. The molecule has 0 aromatic heterocycles. The van der Waals surface area contributed by atoms with E-state index >= 15 is 0 Å². The lowest BCUT2D eigenvalue weighted by molar-refractivity contribution is -0.126. The van der Waals surface area contributed by atoms with Crippen molar-refractivity contribution in [1.29, 1.82) is 0 Å². The molecule has 1 saturated carbocycles.